The zero-order valence-corrected chi connectivity index (χ0v) is 7.69. The van der Waals surface area contributed by atoms with Gasteiger partial charge in [0, 0.05) is 12.6 Å². The zero-order chi connectivity index (χ0) is 10.3. The van der Waals surface area contributed by atoms with E-state index in [9.17, 15) is 9.90 Å². The summed E-state index contributed by atoms with van der Waals surface area (Å²) in [5.74, 6) is 1.67. The molecule has 1 amide bonds. The molecule has 1 aliphatic rings. The predicted molar refractivity (Wildman–Crippen MR) is 52.6 cm³/mol. The zero-order valence-electron chi connectivity index (χ0n) is 7.69. The average Bonchev–Trinajstić information content (AvgIpc) is 2.43. The van der Waals surface area contributed by atoms with Crippen molar-refractivity contribution >= 4 is 11.6 Å². The fourth-order valence-corrected chi connectivity index (χ4v) is 1.68. The maximum Gasteiger partial charge on any atom is 0.276 e. The molecule has 0 aromatic heterocycles. The van der Waals surface area contributed by atoms with Gasteiger partial charge in [-0.1, -0.05) is 24.1 Å². The summed E-state index contributed by atoms with van der Waals surface area (Å²) >= 11 is 0. The van der Waals surface area contributed by atoms with Gasteiger partial charge < -0.3 is 10.0 Å². The average molecular weight is 187 g/mol. The second-order valence-electron chi connectivity index (χ2n) is 3.24. The molecular weight excluding hydrogens is 178 g/mol. The number of anilines is 1. The number of amides is 1. The van der Waals surface area contributed by atoms with E-state index >= 15 is 0 Å². The highest BCUT2D eigenvalue weighted by Crippen LogP contribution is 2.38. The van der Waals surface area contributed by atoms with Gasteiger partial charge in [0.05, 0.1) is 5.69 Å². The van der Waals surface area contributed by atoms with Crippen LogP contribution in [0.5, 0.6) is 0 Å². The molecule has 0 unspecified atom stereocenters. The highest BCUT2D eigenvalue weighted by molar-refractivity contribution is 6.08. The first-order valence-corrected chi connectivity index (χ1v) is 4.19. The van der Waals surface area contributed by atoms with E-state index in [1.165, 1.54) is 4.90 Å². The molecule has 1 atom stereocenters. The summed E-state index contributed by atoms with van der Waals surface area (Å²) < 4.78 is 0. The SMILES string of the molecule is C#C[C@]1(O)C(=O)N(C)c2ccccc21. The Morgan fingerprint density at radius 1 is 1.50 bits per heavy atom. The second kappa shape index (κ2) is 2.60. The summed E-state index contributed by atoms with van der Waals surface area (Å²) in [7, 11) is 1.59. The maximum atomic E-state index is 11.6. The highest BCUT2D eigenvalue weighted by atomic mass is 16.3. The Labute approximate surface area is 82.0 Å². The normalized spacial score (nSPS) is 24.6. The molecule has 0 spiro atoms. The van der Waals surface area contributed by atoms with Gasteiger partial charge in [-0.15, -0.1) is 6.42 Å². The van der Waals surface area contributed by atoms with Crippen LogP contribution in [0.2, 0.25) is 0 Å². The molecule has 0 bridgehead atoms. The first kappa shape index (κ1) is 8.79. The summed E-state index contributed by atoms with van der Waals surface area (Å²) in [4.78, 5) is 13.0. The van der Waals surface area contributed by atoms with Crippen molar-refractivity contribution in [3.8, 4) is 12.3 Å². The summed E-state index contributed by atoms with van der Waals surface area (Å²) in [6.45, 7) is 0. The highest BCUT2D eigenvalue weighted by Gasteiger charge is 2.47. The van der Waals surface area contributed by atoms with E-state index in [0.717, 1.165) is 0 Å². The van der Waals surface area contributed by atoms with E-state index in [-0.39, 0.29) is 0 Å². The van der Waals surface area contributed by atoms with E-state index in [2.05, 4.69) is 5.92 Å². The first-order valence-electron chi connectivity index (χ1n) is 4.19. The van der Waals surface area contributed by atoms with Crippen LogP contribution >= 0.6 is 0 Å². The van der Waals surface area contributed by atoms with Gasteiger partial charge in [-0.25, -0.2) is 0 Å². The molecule has 2 rings (SSSR count). The van der Waals surface area contributed by atoms with Crippen LogP contribution in [0.4, 0.5) is 5.69 Å². The lowest BCUT2D eigenvalue weighted by molar-refractivity contribution is -0.130. The Balaban J connectivity index is 2.73. The Kier molecular flexibility index (Phi) is 1.63. The number of terminal acetylenes is 1. The van der Waals surface area contributed by atoms with Crippen molar-refractivity contribution in [1.82, 2.24) is 0 Å². The van der Waals surface area contributed by atoms with Crippen LogP contribution in [0.15, 0.2) is 24.3 Å². The third kappa shape index (κ3) is 0.835. The Morgan fingerprint density at radius 3 is 2.79 bits per heavy atom. The Hall–Kier alpha value is -1.79. The lowest BCUT2D eigenvalue weighted by Gasteiger charge is -2.13. The van der Waals surface area contributed by atoms with Crippen LogP contribution in [0.3, 0.4) is 0 Å². The van der Waals surface area contributed by atoms with Crippen molar-refractivity contribution in [2.24, 2.45) is 0 Å². The predicted octanol–water partition coefficient (Wildman–Crippen LogP) is 0.484. The summed E-state index contributed by atoms with van der Waals surface area (Å²) in [6.07, 6.45) is 5.19. The summed E-state index contributed by atoms with van der Waals surface area (Å²) in [5, 5.41) is 9.96. The first-order chi connectivity index (χ1) is 6.61. The smallest absolute Gasteiger partial charge is 0.276 e. The summed E-state index contributed by atoms with van der Waals surface area (Å²) in [5.41, 5.74) is -0.640. The molecule has 0 saturated heterocycles. The van der Waals surface area contributed by atoms with E-state index in [1.807, 2.05) is 0 Å². The Bertz CT molecular complexity index is 447. The monoisotopic (exact) mass is 187 g/mol. The van der Waals surface area contributed by atoms with Crippen molar-refractivity contribution in [3.63, 3.8) is 0 Å². The minimum atomic E-state index is -1.79. The molecule has 0 fully saturated rings. The van der Waals surface area contributed by atoms with Gasteiger partial charge in [0.1, 0.15) is 0 Å². The molecule has 1 heterocycles. The minimum absolute atomic E-state index is 0.471. The van der Waals surface area contributed by atoms with Gasteiger partial charge in [0.15, 0.2) is 0 Å². The third-order valence-electron chi connectivity index (χ3n) is 2.48. The number of benzene rings is 1. The van der Waals surface area contributed by atoms with Crippen LogP contribution in [-0.4, -0.2) is 18.1 Å². The molecule has 70 valence electrons. The number of carbonyl (C=O) groups is 1. The quantitative estimate of drug-likeness (QED) is 0.600. The number of para-hydroxylation sites is 1. The van der Waals surface area contributed by atoms with Gasteiger partial charge in [0.2, 0.25) is 5.60 Å². The fourth-order valence-electron chi connectivity index (χ4n) is 1.68. The number of likely N-dealkylation sites (N-methyl/N-ethyl adjacent to an activating group) is 1. The van der Waals surface area contributed by atoms with E-state index in [0.29, 0.717) is 11.3 Å². The van der Waals surface area contributed by atoms with Crippen molar-refractivity contribution in [1.29, 1.82) is 0 Å². The number of aliphatic hydroxyl groups is 1. The van der Waals surface area contributed by atoms with Gasteiger partial charge in [-0.3, -0.25) is 4.79 Å². The molecule has 1 aromatic carbocycles. The van der Waals surface area contributed by atoms with Crippen LogP contribution in [-0.2, 0) is 10.4 Å². The largest absolute Gasteiger partial charge is 0.366 e. The second-order valence-corrected chi connectivity index (χ2v) is 3.24. The molecule has 1 N–H and O–H groups in total. The molecule has 0 radical (unpaired) electrons. The number of nitrogens with zero attached hydrogens (tertiary/aromatic N) is 1. The van der Waals surface area contributed by atoms with Gasteiger partial charge in [-0.2, -0.15) is 0 Å². The van der Waals surface area contributed by atoms with E-state index in [4.69, 9.17) is 6.42 Å². The number of carbonyl (C=O) groups excluding carboxylic acids is 1. The molecule has 3 nitrogen and oxygen atoms in total. The van der Waals surface area contributed by atoms with Gasteiger partial charge in [-0.05, 0) is 6.07 Å². The molecule has 1 aromatic rings. The number of rotatable bonds is 0. The standard InChI is InChI=1S/C11H9NO2/c1-3-11(14)8-6-4-5-7-9(8)12(2)10(11)13/h1,4-7,14H,2H3/t11-/m1/s1. The van der Waals surface area contributed by atoms with E-state index < -0.39 is 11.5 Å². The van der Waals surface area contributed by atoms with Crippen LogP contribution in [0.25, 0.3) is 0 Å². The van der Waals surface area contributed by atoms with Crippen molar-refractivity contribution in [3.05, 3.63) is 29.8 Å². The van der Waals surface area contributed by atoms with Crippen molar-refractivity contribution in [2.45, 2.75) is 5.60 Å². The number of hydrogen-bond donors (Lipinski definition) is 1. The third-order valence-corrected chi connectivity index (χ3v) is 2.48. The number of hydrogen-bond acceptors (Lipinski definition) is 2. The van der Waals surface area contributed by atoms with Crippen molar-refractivity contribution in [2.75, 3.05) is 11.9 Å². The van der Waals surface area contributed by atoms with E-state index in [1.54, 1.807) is 31.3 Å². The van der Waals surface area contributed by atoms with Crippen LogP contribution in [0.1, 0.15) is 5.56 Å². The summed E-state index contributed by atoms with van der Waals surface area (Å²) in [6, 6.07) is 6.96. The van der Waals surface area contributed by atoms with Crippen molar-refractivity contribution < 1.29 is 9.90 Å². The number of fused-ring (bicyclic) bond motifs is 1. The van der Waals surface area contributed by atoms with Crippen LogP contribution in [0, 0.1) is 12.3 Å². The van der Waals surface area contributed by atoms with Gasteiger partial charge >= 0.3 is 0 Å². The topological polar surface area (TPSA) is 40.5 Å². The molecule has 14 heavy (non-hydrogen) atoms. The lowest BCUT2D eigenvalue weighted by atomic mass is 9.97. The lowest BCUT2D eigenvalue weighted by Crippen LogP contribution is -2.37. The molecule has 0 saturated carbocycles. The fraction of sp³-hybridized carbons (Fsp3) is 0.182. The van der Waals surface area contributed by atoms with Gasteiger partial charge in [0.25, 0.3) is 5.91 Å². The molecular formula is C11H9NO2. The minimum Gasteiger partial charge on any atom is -0.366 e. The molecule has 3 heteroatoms. The van der Waals surface area contributed by atoms with Crippen LogP contribution < -0.4 is 4.90 Å². The maximum absolute atomic E-state index is 11.6. The molecule has 1 aliphatic heterocycles. The molecule has 0 aliphatic carbocycles. The Morgan fingerprint density at radius 2 is 2.14 bits per heavy atom.